The van der Waals surface area contributed by atoms with Crippen LogP contribution in [0.1, 0.15) is 11.1 Å². The van der Waals surface area contributed by atoms with Crippen molar-refractivity contribution in [2.75, 3.05) is 0 Å². The summed E-state index contributed by atoms with van der Waals surface area (Å²) in [6, 6.07) is 14.2. The van der Waals surface area contributed by atoms with Crippen LogP contribution in [0.3, 0.4) is 0 Å². The van der Waals surface area contributed by atoms with Crippen molar-refractivity contribution in [3.8, 4) is 11.1 Å². The highest BCUT2D eigenvalue weighted by Crippen LogP contribution is 2.35. The summed E-state index contributed by atoms with van der Waals surface area (Å²) in [5.74, 6) is 0. The SMILES string of the molecule is Cc1cccc(-c2ccc(C(F)(F)Br)cc2)c1. The molecule has 0 atom stereocenters. The molecule has 0 aliphatic rings. The Kier molecular flexibility index (Phi) is 3.29. The second kappa shape index (κ2) is 4.57. The zero-order valence-electron chi connectivity index (χ0n) is 9.25. The van der Waals surface area contributed by atoms with Crippen LogP contribution in [0.4, 0.5) is 8.78 Å². The number of rotatable bonds is 2. The molecule has 0 aromatic heterocycles. The Morgan fingerprint density at radius 1 is 0.941 bits per heavy atom. The van der Waals surface area contributed by atoms with Crippen molar-refractivity contribution in [3.63, 3.8) is 0 Å². The van der Waals surface area contributed by atoms with Gasteiger partial charge in [-0.05, 0) is 34.0 Å². The molecular formula is C14H11BrF2. The number of hydrogen-bond acceptors (Lipinski definition) is 0. The van der Waals surface area contributed by atoms with Crippen LogP contribution in [0.25, 0.3) is 11.1 Å². The maximum absolute atomic E-state index is 13.0. The number of hydrogen-bond donors (Lipinski definition) is 0. The van der Waals surface area contributed by atoms with E-state index in [2.05, 4.69) is 15.9 Å². The molecule has 0 saturated carbocycles. The van der Waals surface area contributed by atoms with Crippen LogP contribution in [0, 0.1) is 6.92 Å². The van der Waals surface area contributed by atoms with Crippen LogP contribution in [0.5, 0.6) is 0 Å². The van der Waals surface area contributed by atoms with E-state index in [9.17, 15) is 8.78 Å². The van der Waals surface area contributed by atoms with Gasteiger partial charge in [-0.2, -0.15) is 8.78 Å². The Morgan fingerprint density at radius 2 is 1.59 bits per heavy atom. The first-order chi connectivity index (χ1) is 7.97. The van der Waals surface area contributed by atoms with E-state index in [-0.39, 0.29) is 5.56 Å². The highest BCUT2D eigenvalue weighted by Gasteiger charge is 2.26. The Labute approximate surface area is 107 Å². The summed E-state index contributed by atoms with van der Waals surface area (Å²) in [5.41, 5.74) is 3.09. The maximum atomic E-state index is 13.0. The molecule has 2 aromatic carbocycles. The third kappa shape index (κ3) is 2.91. The van der Waals surface area contributed by atoms with Crippen LogP contribution in [-0.2, 0) is 4.83 Å². The van der Waals surface area contributed by atoms with E-state index < -0.39 is 4.83 Å². The molecule has 0 radical (unpaired) electrons. The Balaban J connectivity index is 2.36. The van der Waals surface area contributed by atoms with Crippen molar-refractivity contribution < 1.29 is 8.78 Å². The third-order valence-corrected chi connectivity index (χ3v) is 3.02. The molecule has 2 aromatic rings. The minimum atomic E-state index is -2.96. The van der Waals surface area contributed by atoms with Crippen LogP contribution in [0.2, 0.25) is 0 Å². The molecule has 3 heteroatoms. The van der Waals surface area contributed by atoms with Gasteiger partial charge in [0.15, 0.2) is 0 Å². The lowest BCUT2D eigenvalue weighted by atomic mass is 10.0. The van der Waals surface area contributed by atoms with Crippen molar-refractivity contribution in [3.05, 3.63) is 59.7 Å². The zero-order chi connectivity index (χ0) is 12.5. The van der Waals surface area contributed by atoms with Crippen molar-refractivity contribution in [1.29, 1.82) is 0 Å². The van der Waals surface area contributed by atoms with Crippen LogP contribution < -0.4 is 0 Å². The smallest absolute Gasteiger partial charge is 0.188 e. The maximum Gasteiger partial charge on any atom is 0.326 e. The summed E-state index contributed by atoms with van der Waals surface area (Å²) in [6.07, 6.45) is 0. The molecule has 2 rings (SSSR count). The first-order valence-corrected chi connectivity index (χ1v) is 6.00. The summed E-state index contributed by atoms with van der Waals surface area (Å²) in [5, 5.41) is 0. The van der Waals surface area contributed by atoms with Crippen molar-refractivity contribution >= 4 is 15.9 Å². The molecule has 0 nitrogen and oxygen atoms in total. The number of benzene rings is 2. The predicted octanol–water partition coefficient (Wildman–Crippen LogP) is 5.11. The van der Waals surface area contributed by atoms with E-state index in [0.717, 1.165) is 16.7 Å². The standard InChI is InChI=1S/C14H11BrF2/c1-10-3-2-4-12(9-10)11-5-7-13(8-6-11)14(15,16)17/h2-9H,1H3. The van der Waals surface area contributed by atoms with E-state index in [1.54, 1.807) is 12.1 Å². The number of halogens is 3. The van der Waals surface area contributed by atoms with Crippen molar-refractivity contribution in [2.24, 2.45) is 0 Å². The molecule has 0 spiro atoms. The minimum Gasteiger partial charge on any atom is -0.188 e. The van der Waals surface area contributed by atoms with Crippen molar-refractivity contribution in [1.82, 2.24) is 0 Å². The van der Waals surface area contributed by atoms with Gasteiger partial charge in [-0.3, -0.25) is 0 Å². The average molecular weight is 297 g/mol. The fourth-order valence-corrected chi connectivity index (χ4v) is 1.94. The predicted molar refractivity (Wildman–Crippen MR) is 69.4 cm³/mol. The van der Waals surface area contributed by atoms with Gasteiger partial charge in [-0.15, -0.1) is 0 Å². The monoisotopic (exact) mass is 296 g/mol. The van der Waals surface area contributed by atoms with Crippen LogP contribution >= 0.6 is 15.9 Å². The lowest BCUT2D eigenvalue weighted by Gasteiger charge is -2.09. The lowest BCUT2D eigenvalue weighted by Crippen LogP contribution is -2.01. The van der Waals surface area contributed by atoms with E-state index in [4.69, 9.17) is 0 Å². The Hall–Kier alpha value is -1.22. The second-order valence-corrected chi connectivity index (χ2v) is 4.94. The fraction of sp³-hybridized carbons (Fsp3) is 0.143. The lowest BCUT2D eigenvalue weighted by molar-refractivity contribution is 0.114. The Morgan fingerprint density at radius 3 is 2.12 bits per heavy atom. The molecule has 0 fully saturated rings. The van der Waals surface area contributed by atoms with Gasteiger partial charge in [0.2, 0.25) is 0 Å². The van der Waals surface area contributed by atoms with Crippen LogP contribution in [-0.4, -0.2) is 0 Å². The van der Waals surface area contributed by atoms with Gasteiger partial charge in [0, 0.05) is 5.56 Å². The summed E-state index contributed by atoms with van der Waals surface area (Å²) < 4.78 is 25.9. The van der Waals surface area contributed by atoms with Gasteiger partial charge >= 0.3 is 4.83 Å². The molecule has 0 bridgehead atoms. The highest BCUT2D eigenvalue weighted by atomic mass is 79.9. The van der Waals surface area contributed by atoms with Gasteiger partial charge in [-0.1, -0.05) is 54.1 Å². The molecule has 0 heterocycles. The molecule has 0 aliphatic carbocycles. The quantitative estimate of drug-likeness (QED) is 0.676. The molecule has 17 heavy (non-hydrogen) atoms. The number of alkyl halides is 3. The minimum absolute atomic E-state index is 0.0334. The number of aryl methyl sites for hydroxylation is 1. The summed E-state index contributed by atoms with van der Waals surface area (Å²) in [6.45, 7) is 2.00. The van der Waals surface area contributed by atoms with Gasteiger partial charge in [0.05, 0.1) is 0 Å². The molecule has 88 valence electrons. The molecule has 0 N–H and O–H groups in total. The normalized spacial score (nSPS) is 11.5. The third-order valence-electron chi connectivity index (χ3n) is 2.56. The van der Waals surface area contributed by atoms with Gasteiger partial charge in [0.1, 0.15) is 0 Å². The molecule has 0 aliphatic heterocycles. The first kappa shape index (κ1) is 12.2. The van der Waals surface area contributed by atoms with Crippen LogP contribution in [0.15, 0.2) is 48.5 Å². The fourth-order valence-electron chi connectivity index (χ4n) is 1.68. The molecule has 0 unspecified atom stereocenters. The van der Waals surface area contributed by atoms with Gasteiger partial charge in [0.25, 0.3) is 0 Å². The Bertz CT molecular complexity index is 512. The van der Waals surface area contributed by atoms with Crippen molar-refractivity contribution in [2.45, 2.75) is 11.8 Å². The molecule has 0 amide bonds. The summed E-state index contributed by atoms with van der Waals surface area (Å²) in [4.78, 5) is -2.96. The second-order valence-electron chi connectivity index (χ2n) is 3.94. The molecular weight excluding hydrogens is 286 g/mol. The van der Waals surface area contributed by atoms with E-state index in [1.807, 2.05) is 31.2 Å². The van der Waals surface area contributed by atoms with E-state index >= 15 is 0 Å². The summed E-state index contributed by atoms with van der Waals surface area (Å²) in [7, 11) is 0. The summed E-state index contributed by atoms with van der Waals surface area (Å²) >= 11 is 2.35. The van der Waals surface area contributed by atoms with E-state index in [0.29, 0.717) is 0 Å². The van der Waals surface area contributed by atoms with Gasteiger partial charge < -0.3 is 0 Å². The largest absolute Gasteiger partial charge is 0.326 e. The zero-order valence-corrected chi connectivity index (χ0v) is 10.8. The topological polar surface area (TPSA) is 0 Å². The molecule has 0 saturated heterocycles. The highest BCUT2D eigenvalue weighted by molar-refractivity contribution is 9.09. The average Bonchev–Trinajstić information content (AvgIpc) is 2.28. The van der Waals surface area contributed by atoms with Gasteiger partial charge in [-0.25, -0.2) is 0 Å². The van der Waals surface area contributed by atoms with E-state index in [1.165, 1.54) is 12.1 Å². The first-order valence-electron chi connectivity index (χ1n) is 5.21.